The average molecular weight is 416 g/mol. The molecule has 1 unspecified atom stereocenters. The van der Waals surface area contributed by atoms with E-state index < -0.39 is 23.8 Å². The fourth-order valence-corrected chi connectivity index (χ4v) is 5.30. The molecule has 0 amide bonds. The summed E-state index contributed by atoms with van der Waals surface area (Å²) in [4.78, 5) is 5.41. The van der Waals surface area contributed by atoms with Crippen molar-refractivity contribution in [3.05, 3.63) is 63.0 Å². The summed E-state index contributed by atoms with van der Waals surface area (Å²) in [5.41, 5.74) is 1.31. The van der Waals surface area contributed by atoms with Crippen molar-refractivity contribution in [2.24, 2.45) is 4.99 Å². The van der Waals surface area contributed by atoms with Crippen LogP contribution in [0.5, 0.6) is 0 Å². The molecule has 5 rings (SSSR count). The van der Waals surface area contributed by atoms with E-state index in [2.05, 4.69) is 15.2 Å². The molecule has 150 valence electrons. The topological polar surface area (TPSA) is 72.5 Å². The van der Waals surface area contributed by atoms with Gasteiger partial charge in [-0.15, -0.1) is 21.5 Å². The number of fused-ring (bicyclic) bond motifs is 5. The summed E-state index contributed by atoms with van der Waals surface area (Å²) < 4.78 is 37.1. The molecule has 2 aromatic heterocycles. The monoisotopic (exact) mass is 416 g/mol. The van der Waals surface area contributed by atoms with Gasteiger partial charge in [0.2, 0.25) is 0 Å². The van der Waals surface area contributed by atoms with E-state index in [-0.39, 0.29) is 17.9 Å². The van der Waals surface area contributed by atoms with Crippen LogP contribution in [0.25, 0.3) is 5.00 Å². The van der Waals surface area contributed by atoms with Crippen LogP contribution >= 0.6 is 11.3 Å². The lowest BCUT2D eigenvalue weighted by molar-refractivity contribution is 0.0904. The van der Waals surface area contributed by atoms with E-state index in [0.29, 0.717) is 40.8 Å². The second-order valence-corrected chi connectivity index (χ2v) is 8.20. The van der Waals surface area contributed by atoms with Gasteiger partial charge in [0, 0.05) is 29.0 Å². The standard InChI is InChI=1S/C20H18F2N4O2S/c1-9-19-25-24-10(2)26(19)20-15(11-8-28-7-6-14(27)18(11)29-20)17(23-9)16-12(21)4-3-5-13(16)22/h3-5,9,14,27H,6-8H2,1-2H3/t9-,14?/m0/s1. The van der Waals surface area contributed by atoms with Gasteiger partial charge < -0.3 is 9.84 Å². The predicted octanol–water partition coefficient (Wildman–Crippen LogP) is 3.78. The lowest BCUT2D eigenvalue weighted by Gasteiger charge is -2.12. The molecule has 4 heterocycles. The summed E-state index contributed by atoms with van der Waals surface area (Å²) in [5, 5.41) is 19.8. The number of benzene rings is 1. The predicted molar refractivity (Wildman–Crippen MR) is 104 cm³/mol. The Labute approximate surface area is 169 Å². The molecule has 0 radical (unpaired) electrons. The van der Waals surface area contributed by atoms with Crippen molar-refractivity contribution in [3.8, 4) is 5.00 Å². The van der Waals surface area contributed by atoms with E-state index in [4.69, 9.17) is 4.74 Å². The number of hydrogen-bond donors (Lipinski definition) is 1. The van der Waals surface area contributed by atoms with Crippen LogP contribution in [0.3, 0.4) is 0 Å². The van der Waals surface area contributed by atoms with Gasteiger partial charge in [0.1, 0.15) is 28.5 Å². The van der Waals surface area contributed by atoms with E-state index in [0.717, 1.165) is 4.88 Å². The summed E-state index contributed by atoms with van der Waals surface area (Å²) >= 11 is 1.37. The molecule has 3 aromatic rings. The number of hydrogen-bond acceptors (Lipinski definition) is 6. The molecule has 0 spiro atoms. The Balaban J connectivity index is 1.88. The molecular formula is C20H18F2N4O2S. The lowest BCUT2D eigenvalue weighted by Crippen LogP contribution is -2.13. The Kier molecular flexibility index (Phi) is 4.34. The summed E-state index contributed by atoms with van der Waals surface area (Å²) in [6.07, 6.45) is -0.258. The van der Waals surface area contributed by atoms with Gasteiger partial charge in [0.15, 0.2) is 5.82 Å². The van der Waals surface area contributed by atoms with Crippen molar-refractivity contribution in [2.75, 3.05) is 6.61 Å². The van der Waals surface area contributed by atoms with Crippen molar-refractivity contribution in [3.63, 3.8) is 0 Å². The molecule has 29 heavy (non-hydrogen) atoms. The minimum atomic E-state index is -0.714. The van der Waals surface area contributed by atoms with Gasteiger partial charge in [-0.3, -0.25) is 9.56 Å². The maximum atomic E-state index is 14.8. The number of aliphatic imine (C=N–C) groups is 1. The SMILES string of the molecule is Cc1nnc2n1-c1sc3c(c1C(c1c(F)cccc1F)=N[C@H]2C)COCCC3O. The number of nitrogens with zero attached hydrogens (tertiary/aromatic N) is 4. The zero-order valence-corrected chi connectivity index (χ0v) is 16.6. The van der Waals surface area contributed by atoms with Gasteiger partial charge >= 0.3 is 0 Å². The first-order valence-corrected chi connectivity index (χ1v) is 10.1. The van der Waals surface area contributed by atoms with Crippen LogP contribution in [0.1, 0.15) is 58.7 Å². The minimum Gasteiger partial charge on any atom is -0.387 e. The normalized spacial score (nSPS) is 20.9. The number of aromatic nitrogens is 3. The molecule has 0 fully saturated rings. The van der Waals surface area contributed by atoms with Gasteiger partial charge in [-0.1, -0.05) is 6.07 Å². The molecule has 1 aromatic carbocycles. The average Bonchev–Trinajstić information content (AvgIpc) is 3.15. The quantitative estimate of drug-likeness (QED) is 0.655. The molecule has 0 bridgehead atoms. The Morgan fingerprint density at radius 2 is 1.97 bits per heavy atom. The minimum absolute atomic E-state index is 0.184. The lowest BCUT2D eigenvalue weighted by atomic mass is 9.97. The summed E-state index contributed by atoms with van der Waals surface area (Å²) in [5.74, 6) is -0.148. The van der Waals surface area contributed by atoms with Gasteiger partial charge in [-0.2, -0.15) is 0 Å². The molecule has 0 saturated heterocycles. The van der Waals surface area contributed by atoms with Crippen LogP contribution < -0.4 is 0 Å². The van der Waals surface area contributed by atoms with Crippen LogP contribution in [0, 0.1) is 18.6 Å². The molecule has 2 atom stereocenters. The van der Waals surface area contributed by atoms with Crippen molar-refractivity contribution >= 4 is 17.0 Å². The highest BCUT2D eigenvalue weighted by molar-refractivity contribution is 7.15. The van der Waals surface area contributed by atoms with Crippen LogP contribution in [0.2, 0.25) is 0 Å². The first-order chi connectivity index (χ1) is 14.0. The van der Waals surface area contributed by atoms with Crippen LogP contribution in [-0.2, 0) is 11.3 Å². The molecule has 9 heteroatoms. The van der Waals surface area contributed by atoms with E-state index in [1.54, 1.807) is 0 Å². The smallest absolute Gasteiger partial charge is 0.162 e. The number of aliphatic hydroxyl groups excluding tert-OH is 1. The summed E-state index contributed by atoms with van der Waals surface area (Å²) in [7, 11) is 0. The third-order valence-corrected chi connectivity index (χ3v) is 6.61. The maximum absolute atomic E-state index is 14.8. The molecule has 6 nitrogen and oxygen atoms in total. The number of rotatable bonds is 1. The first kappa shape index (κ1) is 18.5. The maximum Gasteiger partial charge on any atom is 0.162 e. The van der Waals surface area contributed by atoms with Gasteiger partial charge in [0.05, 0.1) is 24.0 Å². The summed E-state index contributed by atoms with van der Waals surface area (Å²) in [6, 6.07) is 3.31. The van der Waals surface area contributed by atoms with E-state index in [9.17, 15) is 13.9 Å². The first-order valence-electron chi connectivity index (χ1n) is 9.33. The Hall–Kier alpha value is -2.49. The van der Waals surface area contributed by atoms with E-state index in [1.807, 2.05) is 18.4 Å². The molecule has 2 aliphatic rings. The number of ether oxygens (including phenoxy) is 1. The van der Waals surface area contributed by atoms with Gasteiger partial charge in [-0.25, -0.2) is 8.78 Å². The fourth-order valence-electron chi connectivity index (χ4n) is 3.91. The van der Waals surface area contributed by atoms with Crippen LogP contribution in [0.4, 0.5) is 8.78 Å². The molecule has 0 saturated carbocycles. The molecule has 0 aliphatic carbocycles. The van der Waals surface area contributed by atoms with Crippen molar-refractivity contribution in [1.82, 2.24) is 14.8 Å². The second-order valence-electron chi connectivity index (χ2n) is 7.17. The molecular weight excluding hydrogens is 398 g/mol. The second kappa shape index (κ2) is 6.79. The largest absolute Gasteiger partial charge is 0.387 e. The van der Waals surface area contributed by atoms with Crippen LogP contribution in [-0.4, -0.2) is 32.2 Å². The Morgan fingerprint density at radius 3 is 2.72 bits per heavy atom. The third-order valence-electron chi connectivity index (χ3n) is 5.29. The van der Waals surface area contributed by atoms with Gasteiger partial charge in [0.25, 0.3) is 0 Å². The highest BCUT2D eigenvalue weighted by atomic mass is 32.1. The highest BCUT2D eigenvalue weighted by Crippen LogP contribution is 2.43. The van der Waals surface area contributed by atoms with Crippen molar-refractivity contribution < 1.29 is 18.6 Å². The van der Waals surface area contributed by atoms with Crippen LogP contribution in [0.15, 0.2) is 23.2 Å². The molecule has 2 aliphatic heterocycles. The number of halogens is 2. The summed E-state index contributed by atoms with van der Waals surface area (Å²) in [6.45, 7) is 4.28. The van der Waals surface area contributed by atoms with E-state index in [1.165, 1.54) is 29.5 Å². The number of aliphatic hydroxyl groups is 1. The highest BCUT2D eigenvalue weighted by Gasteiger charge is 2.35. The third kappa shape index (κ3) is 2.76. The fraction of sp³-hybridized carbons (Fsp3) is 0.350. The molecule has 1 N–H and O–H groups in total. The number of thiophene rings is 1. The van der Waals surface area contributed by atoms with E-state index >= 15 is 0 Å². The van der Waals surface area contributed by atoms with Gasteiger partial charge in [-0.05, 0) is 26.0 Å². The zero-order chi connectivity index (χ0) is 20.3. The zero-order valence-electron chi connectivity index (χ0n) is 15.8. The van der Waals surface area contributed by atoms with Crippen molar-refractivity contribution in [2.45, 2.75) is 39.0 Å². The Morgan fingerprint density at radius 1 is 1.21 bits per heavy atom. The van der Waals surface area contributed by atoms with Crippen molar-refractivity contribution in [1.29, 1.82) is 0 Å². The Bertz CT molecular complexity index is 1130. The number of aryl methyl sites for hydroxylation is 1.